The number of nitrogens with one attached hydrogen (secondary N) is 1. The Balaban J connectivity index is 2.42. The monoisotopic (exact) mass is 313 g/mol. The summed E-state index contributed by atoms with van der Waals surface area (Å²) in [6, 6.07) is 8.09. The summed E-state index contributed by atoms with van der Waals surface area (Å²) in [5, 5.41) is 4.04. The van der Waals surface area contributed by atoms with Crippen molar-refractivity contribution in [3.05, 3.63) is 56.9 Å². The van der Waals surface area contributed by atoms with Crippen LogP contribution in [0.25, 0.3) is 0 Å². The van der Waals surface area contributed by atoms with Crippen molar-refractivity contribution < 1.29 is 4.42 Å². The second-order valence-electron chi connectivity index (χ2n) is 3.88. The van der Waals surface area contributed by atoms with Gasteiger partial charge in [0, 0.05) is 10.6 Å². The largest absolute Gasteiger partial charge is 0.457 e. The molecule has 1 N–H and O–H groups in total. The van der Waals surface area contributed by atoms with E-state index in [9.17, 15) is 0 Å². The maximum Gasteiger partial charge on any atom is 0.174 e. The van der Waals surface area contributed by atoms with E-state index in [1.165, 1.54) is 0 Å². The van der Waals surface area contributed by atoms with Crippen LogP contribution in [-0.2, 0) is 0 Å². The SMILES string of the molecule is CNC(c1ccc(C)c(Cl)c1)c1ccoc1Br. The molecule has 2 aromatic rings. The molecule has 0 amide bonds. The van der Waals surface area contributed by atoms with Crippen LogP contribution >= 0.6 is 27.5 Å². The van der Waals surface area contributed by atoms with Gasteiger partial charge in [0.25, 0.3) is 0 Å². The number of hydrogen-bond acceptors (Lipinski definition) is 2. The molecule has 1 unspecified atom stereocenters. The first-order chi connectivity index (χ1) is 8.13. The van der Waals surface area contributed by atoms with E-state index in [0.717, 1.165) is 26.4 Å². The Morgan fingerprint density at radius 3 is 2.65 bits per heavy atom. The van der Waals surface area contributed by atoms with Gasteiger partial charge in [-0.3, -0.25) is 0 Å². The molecule has 0 spiro atoms. The summed E-state index contributed by atoms with van der Waals surface area (Å²) in [5.74, 6) is 0. The highest BCUT2D eigenvalue weighted by atomic mass is 79.9. The number of aryl methyl sites for hydroxylation is 1. The van der Waals surface area contributed by atoms with Crippen LogP contribution in [0, 0.1) is 6.92 Å². The Kier molecular flexibility index (Phi) is 3.92. The molecule has 1 aromatic heterocycles. The highest BCUT2D eigenvalue weighted by molar-refractivity contribution is 9.10. The minimum atomic E-state index is 0.0706. The number of hydrogen-bond donors (Lipinski definition) is 1. The predicted octanol–water partition coefficient (Wildman–Crippen LogP) is 4.31. The van der Waals surface area contributed by atoms with Gasteiger partial charge in [0.05, 0.1) is 12.3 Å². The molecule has 0 fully saturated rings. The van der Waals surface area contributed by atoms with Crippen LogP contribution in [0.3, 0.4) is 0 Å². The zero-order valence-electron chi connectivity index (χ0n) is 9.63. The van der Waals surface area contributed by atoms with E-state index in [0.29, 0.717) is 0 Å². The quantitative estimate of drug-likeness (QED) is 0.913. The van der Waals surface area contributed by atoms with Crippen molar-refractivity contribution >= 4 is 27.5 Å². The molecular formula is C13H13BrClNO. The average Bonchev–Trinajstić information content (AvgIpc) is 2.71. The fraction of sp³-hybridized carbons (Fsp3) is 0.231. The van der Waals surface area contributed by atoms with E-state index in [1.807, 2.05) is 32.2 Å². The first kappa shape index (κ1) is 12.7. The summed E-state index contributed by atoms with van der Waals surface area (Å²) in [5.41, 5.74) is 3.26. The van der Waals surface area contributed by atoms with Gasteiger partial charge in [0.15, 0.2) is 4.67 Å². The molecule has 0 aliphatic carbocycles. The van der Waals surface area contributed by atoms with E-state index in [2.05, 4.69) is 27.3 Å². The molecule has 0 saturated heterocycles. The number of furan rings is 1. The summed E-state index contributed by atoms with van der Waals surface area (Å²) in [6.07, 6.45) is 1.67. The third-order valence-corrected chi connectivity index (χ3v) is 3.83. The molecule has 0 aliphatic heterocycles. The van der Waals surface area contributed by atoms with Crippen LogP contribution in [0.1, 0.15) is 22.7 Å². The lowest BCUT2D eigenvalue weighted by Crippen LogP contribution is -2.17. The van der Waals surface area contributed by atoms with Crippen molar-refractivity contribution in [3.8, 4) is 0 Å². The van der Waals surface area contributed by atoms with E-state index >= 15 is 0 Å². The lowest BCUT2D eigenvalue weighted by atomic mass is 10.0. The van der Waals surface area contributed by atoms with Gasteiger partial charge < -0.3 is 9.73 Å². The Bertz CT molecular complexity index is 524. The van der Waals surface area contributed by atoms with E-state index in [1.54, 1.807) is 6.26 Å². The first-order valence-electron chi connectivity index (χ1n) is 5.29. The molecule has 17 heavy (non-hydrogen) atoms. The minimum Gasteiger partial charge on any atom is -0.457 e. The number of halogens is 2. The van der Waals surface area contributed by atoms with E-state index in [-0.39, 0.29) is 6.04 Å². The Morgan fingerprint density at radius 1 is 1.35 bits per heavy atom. The molecule has 0 bridgehead atoms. The molecule has 0 aliphatic rings. The van der Waals surface area contributed by atoms with Crippen LogP contribution in [-0.4, -0.2) is 7.05 Å². The van der Waals surface area contributed by atoms with Gasteiger partial charge in [-0.05, 0) is 53.2 Å². The van der Waals surface area contributed by atoms with Gasteiger partial charge >= 0.3 is 0 Å². The van der Waals surface area contributed by atoms with E-state index < -0.39 is 0 Å². The van der Waals surface area contributed by atoms with Crippen molar-refractivity contribution in [2.75, 3.05) is 7.05 Å². The normalized spacial score (nSPS) is 12.7. The summed E-state index contributed by atoms with van der Waals surface area (Å²) in [6.45, 7) is 1.99. The predicted molar refractivity (Wildman–Crippen MR) is 73.5 cm³/mol. The fourth-order valence-corrected chi connectivity index (χ4v) is 2.46. The molecule has 0 radical (unpaired) electrons. The van der Waals surface area contributed by atoms with Crippen molar-refractivity contribution in [2.45, 2.75) is 13.0 Å². The molecule has 4 heteroatoms. The molecule has 90 valence electrons. The second-order valence-corrected chi connectivity index (χ2v) is 5.01. The van der Waals surface area contributed by atoms with Crippen molar-refractivity contribution in [3.63, 3.8) is 0 Å². The summed E-state index contributed by atoms with van der Waals surface area (Å²) >= 11 is 9.55. The van der Waals surface area contributed by atoms with Crippen LogP contribution in [0.15, 0.2) is 39.6 Å². The summed E-state index contributed by atoms with van der Waals surface area (Å²) in [4.78, 5) is 0. The van der Waals surface area contributed by atoms with Gasteiger partial charge in [-0.15, -0.1) is 0 Å². The zero-order valence-corrected chi connectivity index (χ0v) is 12.0. The van der Waals surface area contributed by atoms with Gasteiger partial charge in [-0.1, -0.05) is 23.7 Å². The zero-order chi connectivity index (χ0) is 12.4. The maximum absolute atomic E-state index is 6.15. The second kappa shape index (κ2) is 5.25. The maximum atomic E-state index is 6.15. The van der Waals surface area contributed by atoms with Crippen LogP contribution in [0.4, 0.5) is 0 Å². The van der Waals surface area contributed by atoms with Crippen molar-refractivity contribution in [2.24, 2.45) is 0 Å². The molecule has 1 heterocycles. The third-order valence-electron chi connectivity index (χ3n) is 2.77. The Morgan fingerprint density at radius 2 is 2.12 bits per heavy atom. The lowest BCUT2D eigenvalue weighted by Gasteiger charge is -2.16. The molecule has 2 rings (SSSR count). The summed E-state index contributed by atoms with van der Waals surface area (Å²) in [7, 11) is 1.91. The molecule has 1 atom stereocenters. The van der Waals surface area contributed by atoms with Gasteiger partial charge in [-0.25, -0.2) is 0 Å². The summed E-state index contributed by atoms with van der Waals surface area (Å²) < 4.78 is 6.01. The third kappa shape index (κ3) is 2.57. The average molecular weight is 315 g/mol. The van der Waals surface area contributed by atoms with Crippen LogP contribution in [0.2, 0.25) is 5.02 Å². The van der Waals surface area contributed by atoms with Gasteiger partial charge in [-0.2, -0.15) is 0 Å². The highest BCUT2D eigenvalue weighted by Gasteiger charge is 2.17. The fourth-order valence-electron chi connectivity index (χ4n) is 1.80. The van der Waals surface area contributed by atoms with Crippen LogP contribution in [0.5, 0.6) is 0 Å². The molecule has 2 nitrogen and oxygen atoms in total. The van der Waals surface area contributed by atoms with E-state index in [4.69, 9.17) is 16.0 Å². The standard InChI is InChI=1S/C13H13BrClNO/c1-8-3-4-9(7-11(8)15)12(16-2)10-5-6-17-13(10)14/h3-7,12,16H,1-2H3. The number of rotatable bonds is 3. The van der Waals surface area contributed by atoms with Crippen molar-refractivity contribution in [1.82, 2.24) is 5.32 Å². The Labute approximate surface area is 114 Å². The lowest BCUT2D eigenvalue weighted by molar-refractivity contribution is 0.530. The molecule has 0 saturated carbocycles. The smallest absolute Gasteiger partial charge is 0.174 e. The van der Waals surface area contributed by atoms with Gasteiger partial charge in [0.1, 0.15) is 0 Å². The highest BCUT2D eigenvalue weighted by Crippen LogP contribution is 2.31. The Hall–Kier alpha value is -0.770. The van der Waals surface area contributed by atoms with Gasteiger partial charge in [0.2, 0.25) is 0 Å². The van der Waals surface area contributed by atoms with Crippen LogP contribution < -0.4 is 5.32 Å². The molecule has 1 aromatic carbocycles. The first-order valence-corrected chi connectivity index (χ1v) is 6.46. The topological polar surface area (TPSA) is 25.2 Å². The number of benzene rings is 1. The van der Waals surface area contributed by atoms with Crippen molar-refractivity contribution in [1.29, 1.82) is 0 Å². The molecular weight excluding hydrogens is 302 g/mol. The minimum absolute atomic E-state index is 0.0706.